The fourth-order valence-corrected chi connectivity index (χ4v) is 6.03. The monoisotopic (exact) mass is 538 g/mol. The Labute approximate surface area is 227 Å². The fraction of sp³-hybridized carbons (Fsp3) is 0.419. The molecule has 0 bridgehead atoms. The minimum atomic E-state index is -0.537. The number of hydrogen-bond donors (Lipinski definition) is 0. The second kappa shape index (κ2) is 9.57. The highest BCUT2D eigenvalue weighted by atomic mass is 35.5. The van der Waals surface area contributed by atoms with E-state index >= 15 is 0 Å². The molecule has 1 aliphatic heterocycles. The molecule has 0 amide bonds. The van der Waals surface area contributed by atoms with Crippen molar-refractivity contribution in [1.82, 2.24) is 0 Å². The Morgan fingerprint density at radius 1 is 0.921 bits per heavy atom. The van der Waals surface area contributed by atoms with E-state index in [1.54, 1.807) is 18.2 Å². The van der Waals surface area contributed by atoms with E-state index in [0.29, 0.717) is 59.8 Å². The molecular weight excluding hydrogens is 507 g/mol. The maximum atomic E-state index is 14.3. The first-order valence-electron chi connectivity index (χ1n) is 12.8. The van der Waals surface area contributed by atoms with Gasteiger partial charge in [0.2, 0.25) is 0 Å². The molecule has 0 spiro atoms. The lowest BCUT2D eigenvalue weighted by molar-refractivity contribution is -0.120. The molecule has 0 atom stereocenters. The third kappa shape index (κ3) is 4.86. The number of methoxy groups -OCH3 is 1. The summed E-state index contributed by atoms with van der Waals surface area (Å²) in [5.74, 6) is 1.15. The standard InChI is InChI=1S/C31H32ClFO5/c1-30(2)12-21(34)28-25(14-30)38-26-15-31(3,4)13-22(35)29(26)27(28)17-9-10-23(24(11-17)36-5)37-16-18-19(32)7-6-8-20(18)33/h6-11,27H,12-16H2,1-5H3. The molecule has 2 aromatic rings. The van der Waals surface area contributed by atoms with Crippen LogP contribution in [0.1, 0.15) is 70.4 Å². The Bertz CT molecular complexity index is 1330. The summed E-state index contributed by atoms with van der Waals surface area (Å²) in [6.07, 6.45) is 2.01. The van der Waals surface area contributed by atoms with E-state index in [4.69, 9.17) is 25.8 Å². The van der Waals surface area contributed by atoms with Gasteiger partial charge in [0.05, 0.1) is 12.1 Å². The molecule has 1 heterocycles. The molecule has 0 fully saturated rings. The lowest BCUT2D eigenvalue weighted by atomic mass is 9.65. The lowest BCUT2D eigenvalue weighted by Gasteiger charge is -2.42. The zero-order valence-corrected chi connectivity index (χ0v) is 23.1. The number of ether oxygens (including phenoxy) is 3. The average Bonchev–Trinajstić information content (AvgIpc) is 2.81. The summed E-state index contributed by atoms with van der Waals surface area (Å²) in [5.41, 5.74) is 1.67. The largest absolute Gasteiger partial charge is 0.493 e. The summed E-state index contributed by atoms with van der Waals surface area (Å²) >= 11 is 6.16. The van der Waals surface area contributed by atoms with E-state index in [0.717, 1.165) is 5.56 Å². The van der Waals surface area contributed by atoms with E-state index in [1.165, 1.54) is 19.2 Å². The van der Waals surface area contributed by atoms with Crippen molar-refractivity contribution in [3.63, 3.8) is 0 Å². The zero-order chi connectivity index (χ0) is 27.4. The predicted octanol–water partition coefficient (Wildman–Crippen LogP) is 7.47. The summed E-state index contributed by atoms with van der Waals surface area (Å²) in [7, 11) is 1.52. The Balaban J connectivity index is 1.56. The molecular formula is C31H32ClFO5. The Morgan fingerprint density at radius 3 is 2.08 bits per heavy atom. The first-order valence-corrected chi connectivity index (χ1v) is 13.2. The van der Waals surface area contributed by atoms with E-state index in [2.05, 4.69) is 27.7 Å². The van der Waals surface area contributed by atoms with Crippen LogP contribution in [-0.4, -0.2) is 18.7 Å². The number of halogens is 2. The predicted molar refractivity (Wildman–Crippen MR) is 143 cm³/mol. The number of rotatable bonds is 5. The van der Waals surface area contributed by atoms with Crippen LogP contribution in [-0.2, 0) is 20.9 Å². The summed E-state index contributed by atoms with van der Waals surface area (Å²) in [5, 5.41) is 0.277. The topological polar surface area (TPSA) is 61.8 Å². The fourth-order valence-electron chi connectivity index (χ4n) is 5.81. The van der Waals surface area contributed by atoms with Gasteiger partial charge >= 0.3 is 0 Å². The molecule has 5 rings (SSSR count). The van der Waals surface area contributed by atoms with Crippen molar-refractivity contribution < 1.29 is 28.2 Å². The number of carbonyl (C=O) groups excluding carboxylic acids is 2. The summed E-state index contributed by atoms with van der Waals surface area (Å²) in [6.45, 7) is 8.16. The van der Waals surface area contributed by atoms with Gasteiger partial charge < -0.3 is 14.2 Å². The minimum Gasteiger partial charge on any atom is -0.493 e. The molecule has 3 aliphatic rings. The average molecular weight is 539 g/mol. The number of carbonyl (C=O) groups is 2. The maximum Gasteiger partial charge on any atom is 0.163 e. The molecule has 0 saturated carbocycles. The Kier molecular flexibility index (Phi) is 6.67. The van der Waals surface area contributed by atoms with E-state index in [9.17, 15) is 14.0 Å². The summed E-state index contributed by atoms with van der Waals surface area (Å²) in [6, 6.07) is 9.84. The van der Waals surface area contributed by atoms with E-state index in [1.807, 2.05) is 6.07 Å². The number of hydrogen-bond acceptors (Lipinski definition) is 5. The van der Waals surface area contributed by atoms with Crippen molar-refractivity contribution in [3.05, 3.63) is 81.0 Å². The number of ketones is 2. The second-order valence-electron chi connectivity index (χ2n) is 12.0. The Morgan fingerprint density at radius 2 is 1.53 bits per heavy atom. The van der Waals surface area contributed by atoms with Gasteiger partial charge in [-0.25, -0.2) is 4.39 Å². The van der Waals surface area contributed by atoms with Crippen LogP contribution < -0.4 is 9.47 Å². The lowest BCUT2D eigenvalue weighted by Crippen LogP contribution is -2.37. The molecule has 2 aromatic carbocycles. The van der Waals surface area contributed by atoms with Gasteiger partial charge in [0.15, 0.2) is 23.1 Å². The van der Waals surface area contributed by atoms with Crippen LogP contribution in [0.3, 0.4) is 0 Å². The van der Waals surface area contributed by atoms with E-state index in [-0.39, 0.29) is 39.6 Å². The molecule has 5 nitrogen and oxygen atoms in total. The molecule has 2 aliphatic carbocycles. The molecule has 0 unspecified atom stereocenters. The van der Waals surface area contributed by atoms with Crippen molar-refractivity contribution >= 4 is 23.2 Å². The zero-order valence-electron chi connectivity index (χ0n) is 22.4. The van der Waals surface area contributed by atoms with Crippen LogP contribution in [0.5, 0.6) is 11.5 Å². The molecule has 0 N–H and O–H groups in total. The maximum absolute atomic E-state index is 14.3. The van der Waals surface area contributed by atoms with Crippen molar-refractivity contribution in [2.45, 2.75) is 65.9 Å². The molecule has 38 heavy (non-hydrogen) atoms. The highest BCUT2D eigenvalue weighted by Crippen LogP contribution is 2.53. The summed E-state index contributed by atoms with van der Waals surface area (Å²) in [4.78, 5) is 27.0. The summed E-state index contributed by atoms with van der Waals surface area (Å²) < 4.78 is 32.2. The van der Waals surface area contributed by atoms with Gasteiger partial charge in [-0.05, 0) is 40.7 Å². The van der Waals surface area contributed by atoms with Crippen molar-refractivity contribution in [2.24, 2.45) is 10.8 Å². The molecule has 0 radical (unpaired) electrons. The smallest absolute Gasteiger partial charge is 0.163 e. The van der Waals surface area contributed by atoms with Crippen LogP contribution in [0.25, 0.3) is 0 Å². The van der Waals surface area contributed by atoms with Crippen LogP contribution in [0.4, 0.5) is 4.39 Å². The van der Waals surface area contributed by atoms with Crippen LogP contribution in [0.15, 0.2) is 59.1 Å². The van der Waals surface area contributed by atoms with Crippen LogP contribution in [0, 0.1) is 16.6 Å². The Hall–Kier alpha value is -3.12. The third-order valence-corrected chi connectivity index (χ3v) is 7.89. The van der Waals surface area contributed by atoms with Gasteiger partial charge in [-0.3, -0.25) is 9.59 Å². The number of allylic oxidation sites excluding steroid dienone is 4. The van der Waals surface area contributed by atoms with Crippen LogP contribution in [0.2, 0.25) is 5.02 Å². The van der Waals surface area contributed by atoms with Crippen LogP contribution >= 0.6 is 11.6 Å². The molecule has 7 heteroatoms. The molecule has 0 aromatic heterocycles. The van der Waals surface area contributed by atoms with Crippen molar-refractivity contribution in [1.29, 1.82) is 0 Å². The van der Waals surface area contributed by atoms with Gasteiger partial charge in [-0.15, -0.1) is 0 Å². The van der Waals surface area contributed by atoms with Gasteiger partial charge in [0.25, 0.3) is 0 Å². The highest BCUT2D eigenvalue weighted by Gasteiger charge is 2.47. The van der Waals surface area contributed by atoms with Gasteiger partial charge in [-0.1, -0.05) is 51.4 Å². The SMILES string of the molecule is COc1cc(C2C3=C(CC(C)(C)CC3=O)OC3=C2C(=O)CC(C)(C)C3)ccc1OCc1c(F)cccc1Cl. The van der Waals surface area contributed by atoms with Crippen molar-refractivity contribution in [3.8, 4) is 11.5 Å². The van der Waals surface area contributed by atoms with Crippen molar-refractivity contribution in [2.75, 3.05) is 7.11 Å². The highest BCUT2D eigenvalue weighted by molar-refractivity contribution is 6.31. The normalized spacial score (nSPS) is 20.6. The number of Topliss-reactive ketones (excluding diaryl/α,β-unsaturated/α-hetero) is 2. The third-order valence-electron chi connectivity index (χ3n) is 7.54. The van der Waals surface area contributed by atoms with E-state index < -0.39 is 11.7 Å². The minimum absolute atomic E-state index is 0.000998. The van der Waals surface area contributed by atoms with Gasteiger partial charge in [0.1, 0.15) is 23.9 Å². The van der Waals surface area contributed by atoms with Gasteiger partial charge in [0, 0.05) is 48.3 Å². The first kappa shape index (κ1) is 26.5. The molecule has 200 valence electrons. The second-order valence-corrected chi connectivity index (χ2v) is 12.4. The van der Waals surface area contributed by atoms with Gasteiger partial charge in [-0.2, -0.15) is 0 Å². The first-order chi connectivity index (χ1) is 17.9. The number of benzene rings is 2. The molecule has 0 saturated heterocycles. The quantitative estimate of drug-likeness (QED) is 0.395.